The zero-order valence-corrected chi connectivity index (χ0v) is 44.7. The summed E-state index contributed by atoms with van der Waals surface area (Å²) in [7, 11) is 2.01. The molecule has 2 aromatic heterocycles. The fourth-order valence-electron chi connectivity index (χ4n) is 8.52. The molecule has 1 aliphatic rings. The average molecular weight is 1110 g/mol. The Kier molecular flexibility index (Phi) is 22.5. The van der Waals surface area contributed by atoms with Gasteiger partial charge in [0.2, 0.25) is 47.3 Å². The molecule has 24 heteroatoms. The number of carbonyl (C=O) groups is 8. The standard InChI is InChI=1S/C54H66F2N12O8S2/c1-30(2)46-54(76)67-45(52(74)63-41(47(59)69)23-32-14-18-36(56)19-15-32)29-78-77-28-44(66-48(70)38(58)22-31-12-16-35(55)17-13-31)53(75)64-42(24-33-8-7-21-60-26-33)50(72)65-43(25-34-27-61-39-10-4-3-9-37(34)39)51(73)62-40(49(71)68-46)11-5-6-20-57/h3-4,7-10,12-19,21,26-27,30,38,40-46,61H,5-6,11,20,22-25,28-29,57-58H2,1-2H3,(H2,59,69)(H,62,73)(H,63,74)(H,64,75)(H,65,72)(H,66,70)(H,67,76)(H,68,71)/t38-,40-,41-,42-,43+,44-,45+,46+/m0/s1. The minimum absolute atomic E-state index is 0.0378. The SMILES string of the molecule is CC(C)[C@H]1NC(=O)[C@H](CCCCN)NC(=O)[C@@H](Cc2c[nH]c3ccccc23)NC(=O)[C@H](Cc2cccnc2)NC(=O)[C@@H](NC(=O)[C@@H](N)Cc2ccc(F)cc2)CSSC[C@H](C(=O)N[C@@H](Cc2ccc(F)cc2)C(N)=O)NC1=O. The lowest BCUT2D eigenvalue weighted by atomic mass is 10.00. The smallest absolute Gasteiger partial charge is 0.244 e. The molecule has 78 heavy (non-hydrogen) atoms. The van der Waals surface area contributed by atoms with Crippen molar-refractivity contribution in [2.45, 2.75) is 107 Å². The number of aromatic nitrogens is 2. The molecule has 0 saturated carbocycles. The Hall–Kier alpha value is -7.41. The van der Waals surface area contributed by atoms with Crippen molar-refractivity contribution < 1.29 is 47.1 Å². The number of nitrogens with two attached hydrogens (primary N) is 3. The topological polar surface area (TPSA) is 328 Å². The number of unbranched alkanes of at least 4 members (excludes halogenated alkanes) is 1. The minimum Gasteiger partial charge on any atom is -0.368 e. The number of carbonyl (C=O) groups excluding carboxylic acids is 8. The van der Waals surface area contributed by atoms with E-state index in [2.05, 4.69) is 47.2 Å². The fourth-order valence-corrected chi connectivity index (χ4v) is 10.8. The summed E-state index contributed by atoms with van der Waals surface area (Å²) in [5, 5.41) is 19.9. The molecule has 416 valence electrons. The number of amides is 8. The third-order valence-corrected chi connectivity index (χ3v) is 15.3. The molecular formula is C54H66F2N12O8S2. The van der Waals surface area contributed by atoms with Crippen molar-refractivity contribution in [3.05, 3.63) is 137 Å². The highest BCUT2D eigenvalue weighted by molar-refractivity contribution is 8.76. The first kappa shape index (κ1) is 59.8. The molecular weight excluding hydrogens is 1050 g/mol. The number of benzene rings is 3. The monoisotopic (exact) mass is 1110 g/mol. The molecule has 1 fully saturated rings. The van der Waals surface area contributed by atoms with Crippen LogP contribution < -0.4 is 54.4 Å². The van der Waals surface area contributed by atoms with Crippen LogP contribution in [0.3, 0.4) is 0 Å². The lowest BCUT2D eigenvalue weighted by molar-refractivity contribution is -0.136. The summed E-state index contributed by atoms with van der Waals surface area (Å²) in [5.74, 6) is -8.58. The molecule has 0 aliphatic carbocycles. The maximum Gasteiger partial charge on any atom is 0.244 e. The molecule has 6 rings (SSSR count). The first-order chi connectivity index (χ1) is 37.4. The van der Waals surface area contributed by atoms with E-state index in [0.29, 0.717) is 35.1 Å². The summed E-state index contributed by atoms with van der Waals surface area (Å²) in [6.45, 7) is 3.60. The van der Waals surface area contributed by atoms with Gasteiger partial charge >= 0.3 is 0 Å². The van der Waals surface area contributed by atoms with E-state index < -0.39 is 113 Å². The van der Waals surface area contributed by atoms with Gasteiger partial charge in [0, 0.05) is 60.3 Å². The number of hydrogen-bond acceptors (Lipinski definition) is 13. The van der Waals surface area contributed by atoms with Crippen LogP contribution in [0.4, 0.5) is 8.78 Å². The van der Waals surface area contributed by atoms with Crippen molar-refractivity contribution in [2.24, 2.45) is 23.1 Å². The summed E-state index contributed by atoms with van der Waals surface area (Å²) in [4.78, 5) is 121. The van der Waals surface area contributed by atoms with E-state index >= 15 is 0 Å². The highest BCUT2D eigenvalue weighted by Crippen LogP contribution is 2.25. The molecule has 0 radical (unpaired) electrons. The quantitative estimate of drug-likeness (QED) is 0.0439. The molecule has 1 aliphatic heterocycles. The van der Waals surface area contributed by atoms with Crippen molar-refractivity contribution in [3.63, 3.8) is 0 Å². The van der Waals surface area contributed by atoms with E-state index in [9.17, 15) is 47.1 Å². The predicted octanol–water partition coefficient (Wildman–Crippen LogP) is 1.50. The van der Waals surface area contributed by atoms with Crippen LogP contribution in [0.5, 0.6) is 0 Å². The van der Waals surface area contributed by atoms with E-state index in [0.717, 1.165) is 32.5 Å². The molecule has 5 aromatic rings. The second-order valence-electron chi connectivity index (χ2n) is 19.2. The Balaban J connectivity index is 1.38. The molecule has 0 spiro atoms. The molecule has 8 atom stereocenters. The molecule has 3 aromatic carbocycles. The van der Waals surface area contributed by atoms with Crippen molar-refractivity contribution in [1.29, 1.82) is 0 Å². The second kappa shape index (κ2) is 29.4. The van der Waals surface area contributed by atoms with E-state index in [1.165, 1.54) is 60.9 Å². The number of fused-ring (bicyclic) bond motifs is 1. The molecule has 1 saturated heterocycles. The number of hydrogen-bond donors (Lipinski definition) is 11. The first-order valence-electron chi connectivity index (χ1n) is 25.4. The Morgan fingerprint density at radius 2 is 1.32 bits per heavy atom. The summed E-state index contributed by atoms with van der Waals surface area (Å²) in [5.41, 5.74) is 20.8. The maximum absolute atomic E-state index is 14.8. The van der Waals surface area contributed by atoms with Crippen molar-refractivity contribution in [1.82, 2.24) is 47.2 Å². The Morgan fingerprint density at radius 1 is 0.705 bits per heavy atom. The van der Waals surface area contributed by atoms with Gasteiger partial charge in [-0.05, 0) is 96.8 Å². The van der Waals surface area contributed by atoms with Crippen molar-refractivity contribution >= 4 is 79.7 Å². The van der Waals surface area contributed by atoms with E-state index in [4.69, 9.17) is 17.2 Å². The third-order valence-electron chi connectivity index (χ3n) is 12.9. The maximum atomic E-state index is 14.8. The molecule has 8 amide bonds. The number of primary amides is 1. The summed E-state index contributed by atoms with van der Waals surface area (Å²) < 4.78 is 27.5. The zero-order chi connectivity index (χ0) is 56.3. The highest BCUT2D eigenvalue weighted by atomic mass is 33.1. The molecule has 3 heterocycles. The summed E-state index contributed by atoms with van der Waals surface area (Å²) >= 11 is 0. The Morgan fingerprint density at radius 3 is 1.96 bits per heavy atom. The van der Waals surface area contributed by atoms with E-state index in [-0.39, 0.29) is 50.2 Å². The van der Waals surface area contributed by atoms with Gasteiger partial charge in [-0.2, -0.15) is 0 Å². The number of aromatic amines is 1. The Bertz CT molecular complexity index is 2870. The van der Waals surface area contributed by atoms with Gasteiger partial charge in [-0.25, -0.2) is 8.78 Å². The normalized spacial score (nSPS) is 21.0. The lowest BCUT2D eigenvalue weighted by Crippen LogP contribution is -2.61. The van der Waals surface area contributed by atoms with Gasteiger partial charge in [0.15, 0.2) is 0 Å². The number of nitrogens with one attached hydrogen (secondary N) is 8. The van der Waals surface area contributed by atoms with Crippen molar-refractivity contribution in [2.75, 3.05) is 18.1 Å². The first-order valence-corrected chi connectivity index (χ1v) is 27.9. The van der Waals surface area contributed by atoms with Gasteiger partial charge in [-0.1, -0.05) is 84.0 Å². The third kappa shape index (κ3) is 17.8. The average Bonchev–Trinajstić information content (AvgIpc) is 3.88. The predicted molar refractivity (Wildman–Crippen MR) is 293 cm³/mol. The lowest BCUT2D eigenvalue weighted by Gasteiger charge is -2.29. The van der Waals surface area contributed by atoms with E-state index in [1.807, 2.05) is 24.3 Å². The van der Waals surface area contributed by atoms with Gasteiger partial charge in [0.1, 0.15) is 53.9 Å². The molecule has 0 bridgehead atoms. The number of nitrogens with zero attached hydrogens (tertiary/aromatic N) is 1. The van der Waals surface area contributed by atoms with Crippen LogP contribution in [0.25, 0.3) is 10.9 Å². The van der Waals surface area contributed by atoms with Crippen LogP contribution in [0.15, 0.2) is 104 Å². The minimum atomic E-state index is -1.43. The van der Waals surface area contributed by atoms with Crippen molar-refractivity contribution in [3.8, 4) is 0 Å². The fraction of sp³-hybridized carbons (Fsp3) is 0.389. The highest BCUT2D eigenvalue weighted by Gasteiger charge is 2.36. The second-order valence-corrected chi connectivity index (χ2v) is 21.8. The summed E-state index contributed by atoms with van der Waals surface area (Å²) in [6.07, 6.45) is 5.24. The van der Waals surface area contributed by atoms with Crippen LogP contribution in [-0.2, 0) is 64.0 Å². The van der Waals surface area contributed by atoms with Crippen LogP contribution in [-0.4, -0.2) is 124 Å². The zero-order valence-electron chi connectivity index (χ0n) is 43.1. The summed E-state index contributed by atoms with van der Waals surface area (Å²) in [6, 6.07) is 10.5. The van der Waals surface area contributed by atoms with Gasteiger partial charge in [-0.3, -0.25) is 43.3 Å². The van der Waals surface area contributed by atoms with Gasteiger partial charge in [0.05, 0.1) is 6.04 Å². The van der Waals surface area contributed by atoms with Gasteiger partial charge in [-0.15, -0.1) is 0 Å². The van der Waals surface area contributed by atoms with Crippen LogP contribution in [0.2, 0.25) is 0 Å². The largest absolute Gasteiger partial charge is 0.368 e. The van der Waals surface area contributed by atoms with Crippen LogP contribution in [0.1, 0.15) is 55.4 Å². The number of para-hydroxylation sites is 1. The number of rotatable bonds is 18. The number of pyridine rings is 1. The van der Waals surface area contributed by atoms with E-state index in [1.54, 1.807) is 32.2 Å². The number of halogens is 2. The number of H-pyrrole nitrogens is 1. The molecule has 0 unspecified atom stereocenters. The van der Waals surface area contributed by atoms with Gasteiger partial charge < -0.3 is 59.4 Å². The Labute approximate surface area is 457 Å². The van der Waals surface area contributed by atoms with Gasteiger partial charge in [0.25, 0.3) is 0 Å². The van der Waals surface area contributed by atoms with Crippen LogP contribution >= 0.6 is 21.6 Å². The van der Waals surface area contributed by atoms with Crippen LogP contribution in [0, 0.1) is 17.6 Å². The molecule has 20 nitrogen and oxygen atoms in total. The molecule has 14 N–H and O–H groups in total.